The maximum Gasteiger partial charge on any atom is 0.471 e. The smallest absolute Gasteiger partial charge is 0.369 e. The molecule has 28 heavy (non-hydrogen) atoms. The highest BCUT2D eigenvalue weighted by molar-refractivity contribution is 5.95. The van der Waals surface area contributed by atoms with Crippen LogP contribution >= 0.6 is 0 Å². The monoisotopic (exact) mass is 391 g/mol. The highest BCUT2D eigenvalue weighted by Gasteiger charge is 2.39. The van der Waals surface area contributed by atoms with Crippen LogP contribution in [0.2, 0.25) is 0 Å². The van der Waals surface area contributed by atoms with Gasteiger partial charge in [-0.3, -0.25) is 9.69 Å². The van der Waals surface area contributed by atoms with Crippen LogP contribution in [0, 0.1) is 0 Å². The number of hydrogen-bond acceptors (Lipinski definition) is 7. The molecule has 1 aliphatic heterocycles. The Hall–Kier alpha value is -3.34. The van der Waals surface area contributed by atoms with Gasteiger partial charge >= 0.3 is 12.1 Å². The van der Waals surface area contributed by atoms with Crippen molar-refractivity contribution >= 4 is 11.6 Å². The van der Waals surface area contributed by atoms with Gasteiger partial charge in [0.1, 0.15) is 6.61 Å². The predicted octanol–water partition coefficient (Wildman–Crippen LogP) is 2.65. The van der Waals surface area contributed by atoms with E-state index in [1.807, 2.05) is 30.3 Å². The largest absolute Gasteiger partial charge is 0.471 e. The lowest BCUT2D eigenvalue weighted by molar-refractivity contribution is -0.159. The van der Waals surface area contributed by atoms with Crippen LogP contribution in [0.15, 0.2) is 47.2 Å². The number of amides is 1. The number of nitrogens with zero attached hydrogens (tertiary/aromatic N) is 5. The van der Waals surface area contributed by atoms with Crippen molar-refractivity contribution in [3.63, 3.8) is 0 Å². The number of carbonyl (C=O) groups is 1. The van der Waals surface area contributed by atoms with E-state index in [1.165, 1.54) is 17.3 Å². The number of carbonyl (C=O) groups excluding carboxylic acids is 1. The summed E-state index contributed by atoms with van der Waals surface area (Å²) >= 11 is 0. The van der Waals surface area contributed by atoms with E-state index in [0.29, 0.717) is 5.69 Å². The molecule has 0 bridgehead atoms. The highest BCUT2D eigenvalue weighted by Crippen LogP contribution is 2.31. The Labute approximate surface area is 156 Å². The Bertz CT molecular complexity index is 976. The minimum Gasteiger partial charge on any atom is -0.369 e. The first-order valence-electron chi connectivity index (χ1n) is 8.11. The number of rotatable bonds is 3. The van der Waals surface area contributed by atoms with Crippen molar-refractivity contribution in [2.24, 2.45) is 0 Å². The molecule has 0 saturated carbocycles. The first-order valence-corrected chi connectivity index (χ1v) is 8.11. The number of halogens is 3. The summed E-state index contributed by atoms with van der Waals surface area (Å²) in [6, 6.07) is 8.91. The van der Waals surface area contributed by atoms with Crippen molar-refractivity contribution in [2.75, 3.05) is 18.1 Å². The Morgan fingerprint density at radius 2 is 1.79 bits per heavy atom. The Kier molecular flexibility index (Phi) is 4.51. The summed E-state index contributed by atoms with van der Waals surface area (Å²) in [5.41, 5.74) is 1.25. The van der Waals surface area contributed by atoms with E-state index in [1.54, 1.807) is 0 Å². The van der Waals surface area contributed by atoms with Gasteiger partial charge in [-0.05, 0) is 5.56 Å². The zero-order valence-corrected chi connectivity index (χ0v) is 14.1. The minimum atomic E-state index is -4.76. The molecule has 3 aromatic rings. The summed E-state index contributed by atoms with van der Waals surface area (Å²) in [6.45, 7) is 0.197. The van der Waals surface area contributed by atoms with Gasteiger partial charge in [-0.2, -0.15) is 18.2 Å². The van der Waals surface area contributed by atoms with Crippen LogP contribution in [0.25, 0.3) is 11.6 Å². The van der Waals surface area contributed by atoms with Gasteiger partial charge in [-0.1, -0.05) is 35.5 Å². The molecule has 1 aromatic carbocycles. The number of anilines is 1. The normalized spacial score (nSPS) is 17.8. The van der Waals surface area contributed by atoms with E-state index in [2.05, 4.69) is 24.6 Å². The number of morpholine rings is 1. The molecule has 8 nitrogen and oxygen atoms in total. The van der Waals surface area contributed by atoms with Crippen LogP contribution in [0.1, 0.15) is 17.5 Å². The van der Waals surface area contributed by atoms with E-state index in [0.717, 1.165) is 5.56 Å². The van der Waals surface area contributed by atoms with E-state index >= 15 is 0 Å². The number of hydrogen-bond donors (Lipinski definition) is 0. The lowest BCUT2D eigenvalue weighted by Gasteiger charge is -2.35. The molecule has 144 valence electrons. The topological polar surface area (TPSA) is 94.2 Å². The van der Waals surface area contributed by atoms with Crippen molar-refractivity contribution in [1.82, 2.24) is 20.1 Å². The second-order valence-electron chi connectivity index (χ2n) is 5.89. The second-order valence-corrected chi connectivity index (χ2v) is 5.89. The molecule has 0 N–H and O–H groups in total. The highest BCUT2D eigenvalue weighted by atomic mass is 19.4. The summed E-state index contributed by atoms with van der Waals surface area (Å²) < 4.78 is 47.3. The van der Waals surface area contributed by atoms with Crippen molar-refractivity contribution in [1.29, 1.82) is 0 Å². The second kappa shape index (κ2) is 7.00. The lowest BCUT2D eigenvalue weighted by Crippen LogP contribution is -2.44. The van der Waals surface area contributed by atoms with Crippen molar-refractivity contribution in [2.45, 2.75) is 12.2 Å². The first-order chi connectivity index (χ1) is 13.4. The van der Waals surface area contributed by atoms with Gasteiger partial charge in [0, 0.05) is 0 Å². The third-order valence-electron chi connectivity index (χ3n) is 4.05. The third kappa shape index (κ3) is 3.43. The predicted molar refractivity (Wildman–Crippen MR) is 87.8 cm³/mol. The van der Waals surface area contributed by atoms with Gasteiger partial charge in [0.2, 0.25) is 11.6 Å². The molecule has 1 saturated heterocycles. The lowest BCUT2D eigenvalue weighted by atomic mass is 10.0. The molecule has 1 aliphatic rings. The van der Waals surface area contributed by atoms with Crippen molar-refractivity contribution in [3.05, 3.63) is 54.2 Å². The van der Waals surface area contributed by atoms with E-state index in [-0.39, 0.29) is 31.0 Å². The van der Waals surface area contributed by atoms with Gasteiger partial charge in [0.05, 0.1) is 30.7 Å². The number of alkyl halides is 3. The summed E-state index contributed by atoms with van der Waals surface area (Å²) in [5, 5.41) is 3.24. The van der Waals surface area contributed by atoms with Crippen LogP contribution in [0.3, 0.4) is 0 Å². The van der Waals surface area contributed by atoms with Crippen LogP contribution in [-0.4, -0.2) is 39.2 Å². The number of benzene rings is 1. The molecule has 4 rings (SSSR count). The maximum atomic E-state index is 12.6. The van der Waals surface area contributed by atoms with Crippen LogP contribution in [0.5, 0.6) is 0 Å². The average molecular weight is 391 g/mol. The quantitative estimate of drug-likeness (QED) is 0.677. The summed E-state index contributed by atoms with van der Waals surface area (Å²) in [6.07, 6.45) is -2.11. The fourth-order valence-electron chi connectivity index (χ4n) is 2.81. The minimum absolute atomic E-state index is 0.0924. The summed E-state index contributed by atoms with van der Waals surface area (Å²) in [7, 11) is 0. The Balaban J connectivity index is 1.63. The fourth-order valence-corrected chi connectivity index (χ4v) is 2.81. The maximum absolute atomic E-state index is 12.6. The van der Waals surface area contributed by atoms with E-state index in [4.69, 9.17) is 4.74 Å². The molecule has 0 spiro atoms. The van der Waals surface area contributed by atoms with Crippen molar-refractivity contribution < 1.29 is 27.2 Å². The van der Waals surface area contributed by atoms with Gasteiger partial charge in [-0.15, -0.1) is 0 Å². The molecule has 3 heterocycles. The third-order valence-corrected chi connectivity index (χ3v) is 4.05. The van der Waals surface area contributed by atoms with Crippen LogP contribution in [0.4, 0.5) is 18.9 Å². The zero-order valence-electron chi connectivity index (χ0n) is 14.1. The molecule has 1 atom stereocenters. The van der Waals surface area contributed by atoms with Crippen molar-refractivity contribution in [3.8, 4) is 11.6 Å². The Morgan fingerprint density at radius 3 is 2.43 bits per heavy atom. The summed E-state index contributed by atoms with van der Waals surface area (Å²) in [4.78, 5) is 25.1. The van der Waals surface area contributed by atoms with Crippen LogP contribution in [-0.2, 0) is 15.7 Å². The Morgan fingerprint density at radius 1 is 1.07 bits per heavy atom. The van der Waals surface area contributed by atoms with Gasteiger partial charge in [0.15, 0.2) is 0 Å². The molecule has 0 radical (unpaired) electrons. The fraction of sp³-hybridized carbons (Fsp3) is 0.235. The van der Waals surface area contributed by atoms with Gasteiger partial charge in [0.25, 0.3) is 5.91 Å². The number of aromatic nitrogens is 4. The number of ether oxygens (including phenoxy) is 1. The molecule has 1 fully saturated rings. The van der Waals surface area contributed by atoms with Gasteiger partial charge in [-0.25, -0.2) is 9.97 Å². The molecule has 2 aromatic heterocycles. The first kappa shape index (κ1) is 18.0. The van der Waals surface area contributed by atoms with Crippen LogP contribution < -0.4 is 4.90 Å². The van der Waals surface area contributed by atoms with Gasteiger partial charge < -0.3 is 9.26 Å². The molecular weight excluding hydrogens is 379 g/mol. The molecule has 11 heteroatoms. The SMILES string of the molecule is O=C1COC[C@@H](c2ccccc2)N1c1cnc(-c2noc(C(F)(F)F)n2)nc1. The molecule has 0 unspecified atom stereocenters. The van der Waals surface area contributed by atoms with E-state index in [9.17, 15) is 18.0 Å². The zero-order chi connectivity index (χ0) is 19.7. The van der Waals surface area contributed by atoms with E-state index < -0.39 is 17.9 Å². The average Bonchev–Trinajstić information content (AvgIpc) is 3.19. The summed E-state index contributed by atoms with van der Waals surface area (Å²) in [5.74, 6) is -2.31. The standard InChI is InChI=1S/C17H12F3N5O3/c18-17(19,20)16-23-15(24-28-16)14-21-6-11(7-22-14)25-12(8-27-9-13(25)26)10-4-2-1-3-5-10/h1-7,12H,8-9H2/t12-/m0/s1. The molecule has 1 amide bonds. The molecule has 0 aliphatic carbocycles. The molecular formula is C17H12F3N5O3.